The highest BCUT2D eigenvalue weighted by atomic mass is 16.7. The highest BCUT2D eigenvalue weighted by Gasteiger charge is 2.50. The highest BCUT2D eigenvalue weighted by molar-refractivity contribution is 6.45. The number of esters is 1. The number of carbonyl (C=O) groups excluding carboxylic acids is 2. The first kappa shape index (κ1) is 37.0. The fraction of sp³-hybridized carbons (Fsp3) is 0.632. The monoisotopic (exact) mass is 648 g/mol. The number of likely N-dealkylation sites (tertiary alicyclic amines) is 1. The third kappa shape index (κ3) is 10.8. The van der Waals surface area contributed by atoms with Crippen LogP contribution < -0.4 is 5.32 Å². The fourth-order valence-corrected chi connectivity index (χ4v) is 6.52. The van der Waals surface area contributed by atoms with Crippen LogP contribution in [0.15, 0.2) is 60.7 Å². The summed E-state index contributed by atoms with van der Waals surface area (Å²) in [6, 6.07) is 20.3. The molecule has 8 nitrogen and oxygen atoms in total. The predicted molar refractivity (Wildman–Crippen MR) is 187 cm³/mol. The number of hydrogen-bond donors (Lipinski definition) is 1. The highest BCUT2D eigenvalue weighted by Crippen LogP contribution is 2.38. The molecule has 0 bridgehead atoms. The molecule has 0 spiro atoms. The Balaban J connectivity index is 1.46. The lowest BCUT2D eigenvalue weighted by Gasteiger charge is -2.37. The molecule has 47 heavy (non-hydrogen) atoms. The zero-order valence-corrected chi connectivity index (χ0v) is 29.8. The summed E-state index contributed by atoms with van der Waals surface area (Å²) in [4.78, 5) is 29.9. The molecule has 4 rings (SSSR count). The Morgan fingerprint density at radius 3 is 2.17 bits per heavy atom. The molecule has 2 heterocycles. The van der Waals surface area contributed by atoms with Crippen LogP contribution in [0.25, 0.3) is 0 Å². The first-order valence-corrected chi connectivity index (χ1v) is 17.5. The Kier molecular flexibility index (Phi) is 12.6. The van der Waals surface area contributed by atoms with Gasteiger partial charge in [0.1, 0.15) is 17.7 Å². The van der Waals surface area contributed by atoms with E-state index in [1.54, 1.807) is 0 Å². The molecule has 2 fully saturated rings. The Labute approximate surface area is 283 Å². The van der Waals surface area contributed by atoms with E-state index in [4.69, 9.17) is 18.8 Å². The second-order valence-corrected chi connectivity index (χ2v) is 15.4. The van der Waals surface area contributed by atoms with Crippen molar-refractivity contribution in [3.63, 3.8) is 0 Å². The molecule has 2 aromatic carbocycles. The molecule has 0 radical (unpaired) electrons. The van der Waals surface area contributed by atoms with Crippen LogP contribution in [0, 0.1) is 0 Å². The van der Waals surface area contributed by atoms with Gasteiger partial charge in [-0.3, -0.25) is 0 Å². The first-order valence-electron chi connectivity index (χ1n) is 17.5. The van der Waals surface area contributed by atoms with Crippen molar-refractivity contribution in [1.82, 2.24) is 10.2 Å². The molecule has 258 valence electrons. The quantitative estimate of drug-likeness (QED) is 0.127. The van der Waals surface area contributed by atoms with E-state index in [2.05, 4.69) is 68.2 Å². The summed E-state index contributed by atoms with van der Waals surface area (Å²) in [5.41, 5.74) is -0.468. The summed E-state index contributed by atoms with van der Waals surface area (Å²) in [6.07, 6.45) is 5.46. The van der Waals surface area contributed by atoms with E-state index in [1.165, 1.54) is 12.0 Å². The summed E-state index contributed by atoms with van der Waals surface area (Å²) in [5.74, 6) is 0.0831. The minimum Gasteiger partial charge on any atom is -0.458 e. The fourth-order valence-electron chi connectivity index (χ4n) is 6.52. The van der Waals surface area contributed by atoms with Gasteiger partial charge in [-0.1, -0.05) is 73.5 Å². The van der Waals surface area contributed by atoms with Crippen LogP contribution in [0.3, 0.4) is 0 Å². The molecule has 0 aromatic heterocycles. The van der Waals surface area contributed by atoms with E-state index in [0.717, 1.165) is 44.5 Å². The summed E-state index contributed by atoms with van der Waals surface area (Å²) < 4.78 is 24.1. The van der Waals surface area contributed by atoms with Crippen molar-refractivity contribution in [2.45, 2.75) is 135 Å². The van der Waals surface area contributed by atoms with Crippen molar-refractivity contribution < 1.29 is 28.4 Å². The van der Waals surface area contributed by atoms with Gasteiger partial charge in [0.15, 0.2) is 0 Å². The van der Waals surface area contributed by atoms with Crippen LogP contribution >= 0.6 is 0 Å². The molecule has 1 amide bonds. The molecular formula is C38H57BN2O6. The predicted octanol–water partition coefficient (Wildman–Crippen LogP) is 7.92. The largest absolute Gasteiger partial charge is 0.458 e. The summed E-state index contributed by atoms with van der Waals surface area (Å²) in [7, 11) is -0.309. The Hall–Kier alpha value is -2.88. The summed E-state index contributed by atoms with van der Waals surface area (Å²) in [5, 5.41) is 3.03. The van der Waals surface area contributed by atoms with Gasteiger partial charge in [-0.05, 0) is 117 Å². The lowest BCUT2D eigenvalue weighted by molar-refractivity contribution is -0.164. The first-order chi connectivity index (χ1) is 22.2. The van der Waals surface area contributed by atoms with Crippen molar-refractivity contribution in [1.29, 1.82) is 0 Å². The Morgan fingerprint density at radius 2 is 1.53 bits per heavy atom. The van der Waals surface area contributed by atoms with Gasteiger partial charge in [-0.15, -0.1) is 0 Å². The van der Waals surface area contributed by atoms with Gasteiger partial charge in [-0.2, -0.15) is 0 Å². The Morgan fingerprint density at radius 1 is 0.915 bits per heavy atom. The molecule has 9 heteroatoms. The second kappa shape index (κ2) is 16.0. The number of nitrogens with one attached hydrogen (secondary N) is 1. The molecule has 2 aromatic rings. The molecule has 2 atom stereocenters. The number of benzene rings is 2. The van der Waals surface area contributed by atoms with E-state index in [-0.39, 0.29) is 13.7 Å². The van der Waals surface area contributed by atoms with Gasteiger partial charge in [0.05, 0.1) is 11.2 Å². The molecule has 2 unspecified atom stereocenters. The standard InChI is InChI=1S/C38H57BN2O6/c1-35(2,3)45-33(42)38(40-34(43)44-29-30-18-10-8-11-19-30,23-14-15-25-39-46-36(4,5)37(6,7)47-39)24-17-27-41-26-16-22-32(28-41)31-20-12-9-13-21-31/h8-13,18-21,32H,14-17,22-29H2,1-7H3,(H,40,43). The second-order valence-electron chi connectivity index (χ2n) is 15.4. The maximum Gasteiger partial charge on any atom is 0.457 e. The number of carbonyl (C=O) groups is 2. The zero-order chi connectivity index (χ0) is 34.1. The van der Waals surface area contributed by atoms with E-state index in [1.807, 2.05) is 51.1 Å². The third-order valence-electron chi connectivity index (χ3n) is 9.79. The van der Waals surface area contributed by atoms with Crippen molar-refractivity contribution >= 4 is 19.2 Å². The molecule has 0 aliphatic carbocycles. The number of nitrogens with zero attached hydrogens (tertiary/aromatic N) is 1. The van der Waals surface area contributed by atoms with Gasteiger partial charge in [0.2, 0.25) is 0 Å². The van der Waals surface area contributed by atoms with E-state index in [9.17, 15) is 9.59 Å². The molecule has 2 aliphatic rings. The number of hydrogen-bond acceptors (Lipinski definition) is 7. The molecular weight excluding hydrogens is 591 g/mol. The van der Waals surface area contributed by atoms with Crippen LogP contribution in [0.1, 0.15) is 110 Å². The van der Waals surface area contributed by atoms with Crippen molar-refractivity contribution in [2.24, 2.45) is 0 Å². The minimum absolute atomic E-state index is 0.119. The van der Waals surface area contributed by atoms with Crippen molar-refractivity contribution in [3.05, 3.63) is 71.8 Å². The molecule has 1 N–H and O–H groups in total. The smallest absolute Gasteiger partial charge is 0.457 e. The Bertz CT molecular complexity index is 1270. The van der Waals surface area contributed by atoms with Crippen LogP contribution in [-0.2, 0) is 30.2 Å². The molecule has 2 aliphatic heterocycles. The van der Waals surface area contributed by atoms with Crippen LogP contribution in [-0.4, -0.2) is 66.1 Å². The summed E-state index contributed by atoms with van der Waals surface area (Å²) in [6.45, 7) is 16.8. The van der Waals surface area contributed by atoms with Crippen molar-refractivity contribution in [3.8, 4) is 0 Å². The molecule has 0 saturated carbocycles. The van der Waals surface area contributed by atoms with Gasteiger partial charge in [0, 0.05) is 6.54 Å². The van der Waals surface area contributed by atoms with Gasteiger partial charge in [0.25, 0.3) is 0 Å². The average molecular weight is 649 g/mol. The lowest BCUT2D eigenvalue weighted by Crippen LogP contribution is -2.57. The van der Waals surface area contributed by atoms with Gasteiger partial charge in [-0.25, -0.2) is 9.59 Å². The van der Waals surface area contributed by atoms with E-state index in [0.29, 0.717) is 31.5 Å². The van der Waals surface area contributed by atoms with Gasteiger partial charge < -0.3 is 29.0 Å². The minimum atomic E-state index is -1.23. The van der Waals surface area contributed by atoms with Crippen molar-refractivity contribution in [2.75, 3.05) is 19.6 Å². The topological polar surface area (TPSA) is 86.3 Å². The number of unbranched alkanes of at least 4 members (excludes halogenated alkanes) is 1. The third-order valence-corrected chi connectivity index (χ3v) is 9.79. The number of piperidine rings is 1. The van der Waals surface area contributed by atoms with Gasteiger partial charge >= 0.3 is 19.2 Å². The maximum absolute atomic E-state index is 14.1. The number of alkyl carbamates (subject to hydrolysis) is 1. The normalized spacial score (nSPS) is 20.7. The lowest BCUT2D eigenvalue weighted by atomic mass is 9.80. The average Bonchev–Trinajstić information content (AvgIpc) is 3.23. The number of rotatable bonds is 14. The van der Waals surface area contributed by atoms with Crippen LogP contribution in [0.4, 0.5) is 4.79 Å². The number of ether oxygens (including phenoxy) is 2. The number of amides is 1. The summed E-state index contributed by atoms with van der Waals surface area (Å²) >= 11 is 0. The van der Waals surface area contributed by atoms with Crippen LogP contribution in [0.5, 0.6) is 0 Å². The maximum atomic E-state index is 14.1. The SMILES string of the molecule is CC(C)(C)OC(=O)C(CCCCB1OC(C)(C)C(C)(C)O1)(CCCN1CCCC(c2ccccc2)C1)NC(=O)OCc1ccccc1. The zero-order valence-electron chi connectivity index (χ0n) is 29.8. The van der Waals surface area contributed by atoms with E-state index < -0.39 is 34.4 Å². The molecule has 2 saturated heterocycles. The van der Waals surface area contributed by atoms with E-state index >= 15 is 0 Å². The van der Waals surface area contributed by atoms with Crippen LogP contribution in [0.2, 0.25) is 6.32 Å².